The predicted molar refractivity (Wildman–Crippen MR) is 122 cm³/mol. The van der Waals surface area contributed by atoms with E-state index in [4.69, 9.17) is 10.2 Å². The van der Waals surface area contributed by atoms with Crippen LogP contribution in [0.4, 0.5) is 10.6 Å². The second kappa shape index (κ2) is 7.88. The summed E-state index contributed by atoms with van der Waals surface area (Å²) < 4.78 is 0. The summed E-state index contributed by atoms with van der Waals surface area (Å²) in [5, 5.41) is 29.0. The molecule has 1 aromatic carbocycles. The van der Waals surface area contributed by atoms with Gasteiger partial charge in [-0.3, -0.25) is 15.2 Å². The number of aromatic nitrogens is 3. The fourth-order valence-corrected chi connectivity index (χ4v) is 5.72. The summed E-state index contributed by atoms with van der Waals surface area (Å²) in [7, 11) is 0. The van der Waals surface area contributed by atoms with E-state index in [1.807, 2.05) is 25.1 Å². The molecule has 3 aromatic rings. The number of anilines is 1. The smallest absolute Gasteiger partial charge is 0.410 e. The number of rotatable bonds is 3. The van der Waals surface area contributed by atoms with Gasteiger partial charge in [-0.1, -0.05) is 37.3 Å². The summed E-state index contributed by atoms with van der Waals surface area (Å²) in [5.41, 5.74) is 4.56. The second-order valence-corrected chi connectivity index (χ2v) is 8.75. The maximum Gasteiger partial charge on any atom is 0.410 e. The summed E-state index contributed by atoms with van der Waals surface area (Å²) in [6.45, 7) is 1.95. The molecule has 1 fully saturated rings. The van der Waals surface area contributed by atoms with Crippen molar-refractivity contribution in [3.05, 3.63) is 77.3 Å². The van der Waals surface area contributed by atoms with Gasteiger partial charge in [0.1, 0.15) is 5.82 Å². The molecule has 0 unspecified atom stereocenters. The van der Waals surface area contributed by atoms with Crippen LogP contribution < -0.4 is 5.32 Å². The summed E-state index contributed by atoms with van der Waals surface area (Å²) in [5.74, 6) is 0.0606. The van der Waals surface area contributed by atoms with E-state index >= 15 is 0 Å². The van der Waals surface area contributed by atoms with Crippen molar-refractivity contribution in [1.29, 1.82) is 0 Å². The van der Waals surface area contributed by atoms with E-state index in [9.17, 15) is 14.7 Å². The Labute approximate surface area is 190 Å². The number of amides is 1. The first-order valence-corrected chi connectivity index (χ1v) is 10.9. The van der Waals surface area contributed by atoms with Crippen molar-refractivity contribution in [2.24, 2.45) is 11.8 Å². The fraction of sp³-hybridized carbons (Fsp3) is 0.280. The van der Waals surface area contributed by atoms with Crippen LogP contribution in [0.25, 0.3) is 11.3 Å². The number of Topliss-reactive ketones (excluding diaryl/α,β-unsaturated/α-hetero) is 1. The maximum atomic E-state index is 12.9. The molecule has 0 saturated heterocycles. The van der Waals surface area contributed by atoms with Crippen molar-refractivity contribution in [3.8, 4) is 11.3 Å². The third kappa shape index (κ3) is 3.21. The SMILES string of the molecule is C[C@@H]1C(=O)/C(=C\O)C[C@]2(c3ccccc3)c3n[nH]c(-c4ccc(NC(=O)O)nc4)c3CC[C@@H]12. The molecule has 2 heterocycles. The molecule has 0 radical (unpaired) electrons. The number of benzene rings is 1. The van der Waals surface area contributed by atoms with E-state index in [2.05, 4.69) is 27.5 Å². The highest BCUT2D eigenvalue weighted by atomic mass is 16.4. The van der Waals surface area contributed by atoms with Crippen LogP contribution in [0.2, 0.25) is 0 Å². The molecule has 33 heavy (non-hydrogen) atoms. The van der Waals surface area contributed by atoms with Gasteiger partial charge in [0.25, 0.3) is 0 Å². The highest BCUT2D eigenvalue weighted by Crippen LogP contribution is 2.56. The third-order valence-electron chi connectivity index (χ3n) is 7.16. The molecule has 4 N–H and O–H groups in total. The Hall–Kier alpha value is -3.94. The lowest BCUT2D eigenvalue weighted by molar-refractivity contribution is -0.123. The van der Waals surface area contributed by atoms with E-state index in [1.165, 1.54) is 0 Å². The van der Waals surface area contributed by atoms with Gasteiger partial charge >= 0.3 is 6.09 Å². The van der Waals surface area contributed by atoms with Crippen LogP contribution >= 0.6 is 0 Å². The molecule has 1 saturated carbocycles. The number of hydrogen-bond acceptors (Lipinski definition) is 5. The number of nitrogens with one attached hydrogen (secondary N) is 2. The first kappa shape index (κ1) is 20.9. The average Bonchev–Trinajstić information content (AvgIpc) is 3.27. The molecule has 2 aliphatic carbocycles. The molecular formula is C25H24N4O4. The zero-order chi connectivity index (χ0) is 23.2. The Morgan fingerprint density at radius 2 is 2.03 bits per heavy atom. The lowest BCUT2D eigenvalue weighted by Crippen LogP contribution is -2.50. The topological polar surface area (TPSA) is 128 Å². The molecule has 3 atom stereocenters. The van der Waals surface area contributed by atoms with Crippen molar-refractivity contribution in [1.82, 2.24) is 15.2 Å². The monoisotopic (exact) mass is 444 g/mol. The lowest BCUT2D eigenvalue weighted by atomic mass is 9.52. The first-order valence-electron chi connectivity index (χ1n) is 10.9. The predicted octanol–water partition coefficient (Wildman–Crippen LogP) is 4.46. The molecule has 0 bridgehead atoms. The van der Waals surface area contributed by atoms with Crippen molar-refractivity contribution in [2.45, 2.75) is 31.6 Å². The van der Waals surface area contributed by atoms with Gasteiger partial charge < -0.3 is 10.2 Å². The Kier molecular flexibility index (Phi) is 5.00. The number of aliphatic hydroxyl groups is 1. The number of carbonyl (C=O) groups excluding carboxylic acids is 1. The molecule has 168 valence electrons. The van der Waals surface area contributed by atoms with Crippen LogP contribution in [0, 0.1) is 11.8 Å². The van der Waals surface area contributed by atoms with Gasteiger partial charge in [-0.25, -0.2) is 9.78 Å². The van der Waals surface area contributed by atoms with Gasteiger partial charge in [-0.05, 0) is 42.9 Å². The number of H-pyrrole nitrogens is 1. The van der Waals surface area contributed by atoms with Crippen molar-refractivity contribution in [3.63, 3.8) is 0 Å². The maximum absolute atomic E-state index is 12.9. The minimum atomic E-state index is -1.17. The Morgan fingerprint density at radius 3 is 2.70 bits per heavy atom. The summed E-state index contributed by atoms with van der Waals surface area (Å²) in [4.78, 5) is 28.0. The highest BCUT2D eigenvalue weighted by Gasteiger charge is 2.55. The number of carbonyl (C=O) groups is 2. The summed E-state index contributed by atoms with van der Waals surface area (Å²) in [6.07, 6.45) is 3.36. The number of carboxylic acid groups (broad SMARTS) is 1. The van der Waals surface area contributed by atoms with E-state index in [-0.39, 0.29) is 23.4 Å². The summed E-state index contributed by atoms with van der Waals surface area (Å²) >= 11 is 0. The van der Waals surface area contributed by atoms with Gasteiger partial charge in [-0.2, -0.15) is 5.10 Å². The molecule has 0 spiro atoms. The first-order chi connectivity index (χ1) is 16.0. The molecule has 2 aliphatic rings. The van der Waals surface area contributed by atoms with Gasteiger partial charge in [0.2, 0.25) is 0 Å². The quantitative estimate of drug-likeness (QED) is 0.349. The van der Waals surface area contributed by atoms with E-state index in [0.717, 1.165) is 47.2 Å². The highest BCUT2D eigenvalue weighted by molar-refractivity contribution is 5.98. The van der Waals surface area contributed by atoms with Crippen LogP contribution in [0.3, 0.4) is 0 Å². The fourth-order valence-electron chi connectivity index (χ4n) is 5.72. The zero-order valence-electron chi connectivity index (χ0n) is 18.1. The molecule has 8 nitrogen and oxygen atoms in total. The standard InChI is InChI=1S/C25H24N4O4/c1-14-19-9-8-18-21(15-7-10-20(26-12-15)27-24(32)33)28-29-23(18)25(19,11-16(13-30)22(14)31)17-5-3-2-4-6-17/h2-7,10,12-14,19,30H,8-9,11H2,1H3,(H,26,27)(H,28,29)(H,32,33)/b16-13-/t14-,19-,25+/m0/s1. The van der Waals surface area contributed by atoms with Crippen LogP contribution in [-0.4, -0.2) is 37.3 Å². The van der Waals surface area contributed by atoms with Gasteiger partial charge in [-0.15, -0.1) is 0 Å². The Balaban J connectivity index is 1.66. The number of aliphatic hydroxyl groups excluding tert-OH is 1. The molecular weight excluding hydrogens is 420 g/mol. The van der Waals surface area contributed by atoms with E-state index < -0.39 is 11.5 Å². The number of allylic oxidation sites excluding steroid dienone is 1. The largest absolute Gasteiger partial charge is 0.515 e. The summed E-state index contributed by atoms with van der Waals surface area (Å²) in [6, 6.07) is 13.5. The van der Waals surface area contributed by atoms with E-state index in [1.54, 1.807) is 18.3 Å². The number of pyridine rings is 1. The number of hydrogen-bond donors (Lipinski definition) is 4. The van der Waals surface area contributed by atoms with Crippen molar-refractivity contribution in [2.75, 3.05) is 5.32 Å². The molecule has 0 aliphatic heterocycles. The van der Waals surface area contributed by atoms with Crippen LogP contribution in [0.5, 0.6) is 0 Å². The zero-order valence-corrected chi connectivity index (χ0v) is 18.1. The molecule has 1 amide bonds. The lowest BCUT2D eigenvalue weighted by Gasteiger charge is -2.49. The second-order valence-electron chi connectivity index (χ2n) is 8.75. The minimum absolute atomic E-state index is 0.000940. The van der Waals surface area contributed by atoms with Crippen LogP contribution in [0.1, 0.15) is 36.6 Å². The Bertz CT molecular complexity index is 1250. The number of nitrogens with zero attached hydrogens (tertiary/aromatic N) is 2. The average molecular weight is 444 g/mol. The van der Waals surface area contributed by atoms with Gasteiger partial charge in [0, 0.05) is 34.2 Å². The van der Waals surface area contributed by atoms with Gasteiger partial charge in [0.15, 0.2) is 5.78 Å². The van der Waals surface area contributed by atoms with Gasteiger partial charge in [0.05, 0.1) is 17.6 Å². The normalized spacial score (nSPS) is 25.4. The van der Waals surface area contributed by atoms with Crippen LogP contribution in [0.15, 0.2) is 60.5 Å². The number of fused-ring (bicyclic) bond motifs is 3. The third-order valence-corrected chi connectivity index (χ3v) is 7.16. The van der Waals surface area contributed by atoms with Crippen molar-refractivity contribution >= 4 is 17.7 Å². The van der Waals surface area contributed by atoms with Crippen LogP contribution in [-0.2, 0) is 16.6 Å². The number of ketones is 1. The molecule has 5 rings (SSSR count). The molecule has 2 aromatic heterocycles. The number of aromatic amines is 1. The minimum Gasteiger partial charge on any atom is -0.515 e. The van der Waals surface area contributed by atoms with Crippen molar-refractivity contribution < 1.29 is 19.8 Å². The molecule has 8 heteroatoms. The van der Waals surface area contributed by atoms with E-state index in [0.29, 0.717) is 12.0 Å². The Morgan fingerprint density at radius 1 is 1.24 bits per heavy atom.